The predicted octanol–water partition coefficient (Wildman–Crippen LogP) is 3.81. The monoisotopic (exact) mass is 256 g/mol. The van der Waals surface area contributed by atoms with E-state index in [0.29, 0.717) is 0 Å². The van der Waals surface area contributed by atoms with Crippen molar-refractivity contribution in [3.63, 3.8) is 0 Å². The first-order valence-corrected chi connectivity index (χ1v) is 7.52. The van der Waals surface area contributed by atoms with Gasteiger partial charge in [0.15, 0.2) is 0 Å². The SMILES string of the molecule is CCc1cccc2c(C3(CN)CCCC3)c(C)[nH]c12. The predicted molar refractivity (Wildman–Crippen MR) is 81.6 cm³/mol. The number of H-pyrrole nitrogens is 1. The molecule has 19 heavy (non-hydrogen) atoms. The molecule has 1 heterocycles. The van der Waals surface area contributed by atoms with Gasteiger partial charge < -0.3 is 10.7 Å². The normalized spacial score (nSPS) is 18.3. The number of fused-ring (bicyclic) bond motifs is 1. The van der Waals surface area contributed by atoms with Gasteiger partial charge >= 0.3 is 0 Å². The van der Waals surface area contributed by atoms with E-state index in [0.717, 1.165) is 13.0 Å². The van der Waals surface area contributed by atoms with Gasteiger partial charge in [-0.25, -0.2) is 0 Å². The molecule has 1 fully saturated rings. The van der Waals surface area contributed by atoms with E-state index in [2.05, 4.69) is 37.0 Å². The fourth-order valence-corrected chi connectivity index (χ4v) is 3.99. The topological polar surface area (TPSA) is 41.8 Å². The van der Waals surface area contributed by atoms with Gasteiger partial charge in [-0.05, 0) is 37.3 Å². The lowest BCUT2D eigenvalue weighted by Crippen LogP contribution is -2.32. The lowest BCUT2D eigenvalue weighted by Gasteiger charge is -2.28. The zero-order valence-corrected chi connectivity index (χ0v) is 12.1. The molecule has 0 atom stereocenters. The number of nitrogens with two attached hydrogens (primary N) is 1. The molecule has 0 spiro atoms. The van der Waals surface area contributed by atoms with Crippen LogP contribution in [0.2, 0.25) is 0 Å². The zero-order chi connectivity index (χ0) is 13.5. The standard InChI is InChI=1S/C17H24N2/c1-3-13-7-6-8-14-15(12(2)19-16(13)14)17(11-18)9-4-5-10-17/h6-8,19H,3-5,9-11,18H2,1-2H3. The van der Waals surface area contributed by atoms with E-state index >= 15 is 0 Å². The Morgan fingerprint density at radius 1 is 1.26 bits per heavy atom. The van der Waals surface area contributed by atoms with Gasteiger partial charge in [-0.15, -0.1) is 0 Å². The Labute approximate surface area is 115 Å². The molecule has 2 heteroatoms. The molecular formula is C17H24N2. The van der Waals surface area contributed by atoms with Crippen LogP contribution in [0.5, 0.6) is 0 Å². The van der Waals surface area contributed by atoms with Crippen molar-refractivity contribution in [2.75, 3.05) is 6.54 Å². The number of rotatable bonds is 3. The first-order valence-electron chi connectivity index (χ1n) is 7.52. The average molecular weight is 256 g/mol. The maximum Gasteiger partial charge on any atom is 0.0491 e. The Morgan fingerprint density at radius 2 is 2.00 bits per heavy atom. The lowest BCUT2D eigenvalue weighted by atomic mass is 9.77. The molecule has 1 aliphatic carbocycles. The van der Waals surface area contributed by atoms with Crippen molar-refractivity contribution in [2.45, 2.75) is 51.4 Å². The number of hydrogen-bond donors (Lipinski definition) is 2. The van der Waals surface area contributed by atoms with Gasteiger partial charge in [-0.2, -0.15) is 0 Å². The summed E-state index contributed by atoms with van der Waals surface area (Å²) >= 11 is 0. The Balaban J connectivity index is 2.26. The van der Waals surface area contributed by atoms with Gasteiger partial charge in [-0.3, -0.25) is 0 Å². The molecular weight excluding hydrogens is 232 g/mol. The number of nitrogens with one attached hydrogen (secondary N) is 1. The second-order valence-corrected chi connectivity index (χ2v) is 6.01. The van der Waals surface area contributed by atoms with Crippen LogP contribution in [0.15, 0.2) is 18.2 Å². The van der Waals surface area contributed by atoms with Crippen LogP contribution in [0, 0.1) is 6.92 Å². The zero-order valence-electron chi connectivity index (χ0n) is 12.1. The molecule has 1 aromatic carbocycles. The summed E-state index contributed by atoms with van der Waals surface area (Å²) < 4.78 is 0. The maximum absolute atomic E-state index is 6.18. The van der Waals surface area contributed by atoms with Crippen LogP contribution in [0.4, 0.5) is 0 Å². The highest BCUT2D eigenvalue weighted by atomic mass is 14.7. The van der Waals surface area contributed by atoms with Crippen molar-refractivity contribution in [3.05, 3.63) is 35.0 Å². The van der Waals surface area contributed by atoms with E-state index in [9.17, 15) is 0 Å². The van der Waals surface area contributed by atoms with Crippen molar-refractivity contribution in [2.24, 2.45) is 5.73 Å². The largest absolute Gasteiger partial charge is 0.358 e. The number of hydrogen-bond acceptors (Lipinski definition) is 1. The van der Waals surface area contributed by atoms with Gasteiger partial charge in [0, 0.05) is 28.6 Å². The fraction of sp³-hybridized carbons (Fsp3) is 0.529. The summed E-state index contributed by atoms with van der Waals surface area (Å²) in [7, 11) is 0. The smallest absolute Gasteiger partial charge is 0.0491 e. The molecule has 0 radical (unpaired) electrons. The number of aromatic nitrogens is 1. The minimum absolute atomic E-state index is 0.217. The minimum atomic E-state index is 0.217. The summed E-state index contributed by atoms with van der Waals surface area (Å²) in [6, 6.07) is 6.69. The van der Waals surface area contributed by atoms with Crippen LogP contribution in [0.1, 0.15) is 49.4 Å². The number of benzene rings is 1. The van der Waals surface area contributed by atoms with Gasteiger partial charge in [0.2, 0.25) is 0 Å². The summed E-state index contributed by atoms with van der Waals surface area (Å²) in [5.74, 6) is 0. The highest BCUT2D eigenvalue weighted by Crippen LogP contribution is 2.45. The van der Waals surface area contributed by atoms with Crippen LogP contribution in [0.25, 0.3) is 10.9 Å². The first kappa shape index (κ1) is 12.7. The van der Waals surface area contributed by atoms with E-state index in [1.54, 1.807) is 0 Å². The van der Waals surface area contributed by atoms with Crippen molar-refractivity contribution < 1.29 is 0 Å². The molecule has 2 aromatic rings. The summed E-state index contributed by atoms with van der Waals surface area (Å²) in [6.07, 6.45) is 6.20. The summed E-state index contributed by atoms with van der Waals surface area (Å²) in [5, 5.41) is 1.41. The van der Waals surface area contributed by atoms with Crippen molar-refractivity contribution >= 4 is 10.9 Å². The number of para-hydroxylation sites is 1. The highest BCUT2D eigenvalue weighted by molar-refractivity contribution is 5.88. The molecule has 0 aliphatic heterocycles. The van der Waals surface area contributed by atoms with E-state index < -0.39 is 0 Å². The molecule has 1 aromatic heterocycles. The Hall–Kier alpha value is -1.28. The molecule has 0 saturated heterocycles. The average Bonchev–Trinajstić information content (AvgIpc) is 3.02. The fourth-order valence-electron chi connectivity index (χ4n) is 3.99. The van der Waals surface area contributed by atoms with E-state index in [4.69, 9.17) is 5.73 Å². The molecule has 1 saturated carbocycles. The van der Waals surface area contributed by atoms with Gasteiger partial charge in [0.1, 0.15) is 0 Å². The number of aryl methyl sites for hydroxylation is 2. The second kappa shape index (κ2) is 4.68. The number of aromatic amines is 1. The first-order chi connectivity index (χ1) is 9.22. The summed E-state index contributed by atoms with van der Waals surface area (Å²) in [4.78, 5) is 3.63. The van der Waals surface area contributed by atoms with E-state index in [-0.39, 0.29) is 5.41 Å². The molecule has 0 unspecified atom stereocenters. The molecule has 3 N–H and O–H groups in total. The highest BCUT2D eigenvalue weighted by Gasteiger charge is 2.37. The van der Waals surface area contributed by atoms with Gasteiger partial charge in [-0.1, -0.05) is 38.0 Å². The molecule has 102 valence electrons. The van der Waals surface area contributed by atoms with Crippen LogP contribution < -0.4 is 5.73 Å². The van der Waals surface area contributed by atoms with Crippen molar-refractivity contribution in [3.8, 4) is 0 Å². The Bertz CT molecular complexity index is 589. The van der Waals surface area contributed by atoms with Crippen LogP contribution in [0.3, 0.4) is 0 Å². The molecule has 3 rings (SSSR count). The molecule has 0 bridgehead atoms. The Morgan fingerprint density at radius 3 is 2.63 bits per heavy atom. The van der Waals surface area contributed by atoms with Crippen molar-refractivity contribution in [1.82, 2.24) is 4.98 Å². The third-order valence-electron chi connectivity index (χ3n) is 4.97. The maximum atomic E-state index is 6.18. The van der Waals surface area contributed by atoms with E-state index in [1.807, 2.05) is 0 Å². The van der Waals surface area contributed by atoms with E-state index in [1.165, 1.54) is 53.4 Å². The van der Waals surface area contributed by atoms with Gasteiger partial charge in [0.25, 0.3) is 0 Å². The van der Waals surface area contributed by atoms with Crippen LogP contribution in [-0.4, -0.2) is 11.5 Å². The molecule has 1 aliphatic rings. The third kappa shape index (κ3) is 1.81. The van der Waals surface area contributed by atoms with Gasteiger partial charge in [0.05, 0.1) is 0 Å². The second-order valence-electron chi connectivity index (χ2n) is 6.01. The third-order valence-corrected chi connectivity index (χ3v) is 4.97. The van der Waals surface area contributed by atoms with Crippen LogP contribution >= 0.6 is 0 Å². The summed E-state index contributed by atoms with van der Waals surface area (Å²) in [5.41, 5.74) is 12.0. The quantitative estimate of drug-likeness (QED) is 0.861. The Kier molecular flexibility index (Phi) is 3.14. The minimum Gasteiger partial charge on any atom is -0.358 e. The summed E-state index contributed by atoms with van der Waals surface area (Å²) in [6.45, 7) is 5.21. The molecule has 0 amide bonds. The molecule has 2 nitrogen and oxygen atoms in total. The van der Waals surface area contributed by atoms with Crippen molar-refractivity contribution in [1.29, 1.82) is 0 Å². The lowest BCUT2D eigenvalue weighted by molar-refractivity contribution is 0.454. The van der Waals surface area contributed by atoms with Crippen LogP contribution in [-0.2, 0) is 11.8 Å².